The number of para-hydroxylation sites is 1. The number of anilines is 1. The van der Waals surface area contributed by atoms with Gasteiger partial charge in [0, 0.05) is 0 Å². The number of fused-ring (bicyclic) bond motifs is 1. The van der Waals surface area contributed by atoms with E-state index in [1.165, 1.54) is 17.5 Å². The van der Waals surface area contributed by atoms with Gasteiger partial charge in [-0.25, -0.2) is 8.42 Å². The average molecular weight is 387 g/mol. The second kappa shape index (κ2) is 7.72. The van der Waals surface area contributed by atoms with Crippen molar-refractivity contribution in [3.05, 3.63) is 65.2 Å². The number of carbonyl (C=O) groups is 1. The van der Waals surface area contributed by atoms with Crippen LogP contribution in [0.5, 0.6) is 0 Å². The highest BCUT2D eigenvalue weighted by Crippen LogP contribution is 2.26. The van der Waals surface area contributed by atoms with Gasteiger partial charge in [0.2, 0.25) is 15.9 Å². The Hall–Kier alpha value is -2.34. The molecule has 0 heterocycles. The van der Waals surface area contributed by atoms with Crippen LogP contribution in [0.15, 0.2) is 48.5 Å². The molecule has 1 aliphatic rings. The van der Waals surface area contributed by atoms with Crippen molar-refractivity contribution in [1.82, 2.24) is 5.32 Å². The minimum Gasteiger partial charge on any atom is -0.348 e. The molecule has 0 radical (unpaired) electrons. The van der Waals surface area contributed by atoms with E-state index >= 15 is 0 Å². The number of nitrogens with one attached hydrogen (secondary N) is 1. The Morgan fingerprint density at radius 3 is 2.37 bits per heavy atom. The van der Waals surface area contributed by atoms with Gasteiger partial charge in [0.1, 0.15) is 6.04 Å². The van der Waals surface area contributed by atoms with E-state index in [1.807, 2.05) is 19.1 Å². The van der Waals surface area contributed by atoms with E-state index < -0.39 is 16.1 Å². The lowest BCUT2D eigenvalue weighted by atomic mass is 10.0. The molecule has 1 aliphatic carbocycles. The molecule has 0 fully saturated rings. The number of sulfonamides is 1. The molecule has 0 aromatic heterocycles. The molecule has 6 heteroatoms. The van der Waals surface area contributed by atoms with Gasteiger partial charge in [-0.3, -0.25) is 9.10 Å². The van der Waals surface area contributed by atoms with E-state index in [9.17, 15) is 13.2 Å². The molecule has 0 bridgehead atoms. The first-order valence-electron chi connectivity index (χ1n) is 9.24. The number of hydrogen-bond acceptors (Lipinski definition) is 3. The Balaban J connectivity index is 1.77. The van der Waals surface area contributed by atoms with Crippen LogP contribution in [0.4, 0.5) is 5.69 Å². The standard InChI is InChI=1S/C21H26N2O3S/c1-15(18-13-12-17-8-7-9-19(17)14-18)22-21(24)16(2)23(27(3,25)26)20-10-5-4-6-11-20/h4-6,10-16H,7-9H2,1-3H3,(H,22,24). The third-order valence-electron chi connectivity index (χ3n) is 5.08. The van der Waals surface area contributed by atoms with Crippen LogP contribution >= 0.6 is 0 Å². The SMILES string of the molecule is CC(NC(=O)C(C)N(c1ccccc1)S(C)(=O)=O)c1ccc2c(c1)CCC2. The molecule has 5 nitrogen and oxygen atoms in total. The van der Waals surface area contributed by atoms with Crippen molar-refractivity contribution in [1.29, 1.82) is 0 Å². The van der Waals surface area contributed by atoms with Crippen LogP contribution in [0.2, 0.25) is 0 Å². The number of aryl methyl sites for hydroxylation is 2. The van der Waals surface area contributed by atoms with Crippen LogP contribution in [0, 0.1) is 0 Å². The first-order valence-corrected chi connectivity index (χ1v) is 11.1. The van der Waals surface area contributed by atoms with Crippen LogP contribution in [-0.2, 0) is 27.7 Å². The zero-order valence-electron chi connectivity index (χ0n) is 16.0. The van der Waals surface area contributed by atoms with Gasteiger partial charge in [0.15, 0.2) is 0 Å². The molecular weight excluding hydrogens is 360 g/mol. The smallest absolute Gasteiger partial charge is 0.244 e. The van der Waals surface area contributed by atoms with Gasteiger partial charge >= 0.3 is 0 Å². The second-order valence-corrected chi connectivity index (χ2v) is 9.04. The highest BCUT2D eigenvalue weighted by molar-refractivity contribution is 7.92. The maximum absolute atomic E-state index is 12.8. The fourth-order valence-electron chi connectivity index (χ4n) is 3.66. The fraction of sp³-hybridized carbons (Fsp3) is 0.381. The molecular formula is C21H26N2O3S. The number of benzene rings is 2. The minimum absolute atomic E-state index is 0.192. The highest BCUT2D eigenvalue weighted by Gasteiger charge is 2.29. The van der Waals surface area contributed by atoms with Crippen LogP contribution < -0.4 is 9.62 Å². The van der Waals surface area contributed by atoms with Gasteiger partial charge in [-0.15, -0.1) is 0 Å². The predicted octanol–water partition coefficient (Wildman–Crippen LogP) is 3.21. The van der Waals surface area contributed by atoms with Crippen molar-refractivity contribution < 1.29 is 13.2 Å². The topological polar surface area (TPSA) is 66.5 Å². The molecule has 2 unspecified atom stereocenters. The first kappa shape index (κ1) is 19.4. The first-order chi connectivity index (χ1) is 12.8. The van der Waals surface area contributed by atoms with Crippen molar-refractivity contribution in [2.24, 2.45) is 0 Å². The number of amides is 1. The molecule has 27 heavy (non-hydrogen) atoms. The quantitative estimate of drug-likeness (QED) is 0.829. The largest absolute Gasteiger partial charge is 0.348 e. The van der Waals surface area contributed by atoms with Crippen molar-refractivity contribution in [2.75, 3.05) is 10.6 Å². The predicted molar refractivity (Wildman–Crippen MR) is 108 cm³/mol. The van der Waals surface area contributed by atoms with Crippen LogP contribution in [0.25, 0.3) is 0 Å². The summed E-state index contributed by atoms with van der Waals surface area (Å²) in [6.07, 6.45) is 4.49. The van der Waals surface area contributed by atoms with Gasteiger partial charge in [0.25, 0.3) is 0 Å². The van der Waals surface area contributed by atoms with Gasteiger partial charge in [-0.1, -0.05) is 36.4 Å². The summed E-state index contributed by atoms with van der Waals surface area (Å²) in [6, 6.07) is 14.0. The lowest BCUT2D eigenvalue weighted by Crippen LogP contribution is -2.48. The lowest BCUT2D eigenvalue weighted by Gasteiger charge is -2.29. The normalized spacial score (nSPS) is 15.7. The molecule has 0 aliphatic heterocycles. The lowest BCUT2D eigenvalue weighted by molar-refractivity contribution is -0.122. The van der Waals surface area contributed by atoms with Crippen LogP contribution in [0.3, 0.4) is 0 Å². The van der Waals surface area contributed by atoms with Crippen LogP contribution in [0.1, 0.15) is 43.0 Å². The fourth-order valence-corrected chi connectivity index (χ4v) is 4.84. The maximum atomic E-state index is 12.8. The van der Waals surface area contributed by atoms with Crippen molar-refractivity contribution >= 4 is 21.6 Å². The van der Waals surface area contributed by atoms with E-state index in [2.05, 4.69) is 17.4 Å². The van der Waals surface area contributed by atoms with E-state index in [-0.39, 0.29) is 11.9 Å². The zero-order chi connectivity index (χ0) is 19.6. The van der Waals surface area contributed by atoms with E-state index in [0.717, 1.165) is 29.0 Å². The second-order valence-electron chi connectivity index (χ2n) is 7.18. The Morgan fingerprint density at radius 1 is 1.04 bits per heavy atom. The van der Waals surface area contributed by atoms with E-state index in [4.69, 9.17) is 0 Å². The monoisotopic (exact) mass is 386 g/mol. The van der Waals surface area contributed by atoms with Gasteiger partial charge < -0.3 is 5.32 Å². The van der Waals surface area contributed by atoms with E-state index in [0.29, 0.717) is 5.69 Å². The summed E-state index contributed by atoms with van der Waals surface area (Å²) in [5.41, 5.74) is 4.26. The van der Waals surface area contributed by atoms with Crippen LogP contribution in [-0.4, -0.2) is 26.6 Å². The number of hydrogen-bond donors (Lipinski definition) is 1. The molecule has 0 saturated heterocycles. The average Bonchev–Trinajstić information content (AvgIpc) is 3.09. The molecule has 2 aromatic carbocycles. The van der Waals surface area contributed by atoms with Crippen molar-refractivity contribution in [2.45, 2.75) is 45.2 Å². The molecule has 3 rings (SSSR count). The number of rotatable bonds is 6. The Labute approximate surface area is 161 Å². The van der Waals surface area contributed by atoms with Crippen molar-refractivity contribution in [3.8, 4) is 0 Å². The summed E-state index contributed by atoms with van der Waals surface area (Å²) < 4.78 is 25.8. The molecule has 144 valence electrons. The summed E-state index contributed by atoms with van der Waals surface area (Å²) >= 11 is 0. The highest BCUT2D eigenvalue weighted by atomic mass is 32.2. The Kier molecular flexibility index (Phi) is 5.56. The van der Waals surface area contributed by atoms with Gasteiger partial charge in [-0.05, 0) is 61.9 Å². The third kappa shape index (κ3) is 4.33. The summed E-state index contributed by atoms with van der Waals surface area (Å²) in [7, 11) is -3.60. The van der Waals surface area contributed by atoms with Gasteiger partial charge in [0.05, 0.1) is 18.0 Å². The summed E-state index contributed by atoms with van der Waals surface area (Å²) in [6.45, 7) is 3.54. The molecule has 2 aromatic rings. The molecule has 0 saturated carbocycles. The summed E-state index contributed by atoms with van der Waals surface area (Å²) in [5.74, 6) is -0.322. The minimum atomic E-state index is -3.60. The Bertz CT molecular complexity index is 926. The molecule has 1 N–H and O–H groups in total. The molecule has 1 amide bonds. The Morgan fingerprint density at radius 2 is 1.70 bits per heavy atom. The number of nitrogens with zero attached hydrogens (tertiary/aromatic N) is 1. The summed E-state index contributed by atoms with van der Waals surface area (Å²) in [4.78, 5) is 12.8. The molecule has 0 spiro atoms. The number of carbonyl (C=O) groups excluding carboxylic acids is 1. The molecule has 2 atom stereocenters. The van der Waals surface area contributed by atoms with E-state index in [1.54, 1.807) is 31.2 Å². The van der Waals surface area contributed by atoms with Crippen molar-refractivity contribution in [3.63, 3.8) is 0 Å². The third-order valence-corrected chi connectivity index (χ3v) is 6.32. The summed E-state index contributed by atoms with van der Waals surface area (Å²) in [5, 5.41) is 2.96. The van der Waals surface area contributed by atoms with Gasteiger partial charge in [-0.2, -0.15) is 0 Å². The zero-order valence-corrected chi connectivity index (χ0v) is 16.8. The maximum Gasteiger partial charge on any atom is 0.244 e.